The molecule has 0 saturated carbocycles. The molecule has 82 valence electrons. The van der Waals surface area contributed by atoms with E-state index >= 15 is 0 Å². The minimum Gasteiger partial charge on any atom is -0.207 e. The van der Waals surface area contributed by atoms with E-state index in [4.69, 9.17) is 23.2 Å². The summed E-state index contributed by atoms with van der Waals surface area (Å²) in [4.78, 5) is 0. The first-order chi connectivity index (χ1) is 7.58. The third kappa shape index (κ3) is 2.18. The molecule has 0 bridgehead atoms. The summed E-state index contributed by atoms with van der Waals surface area (Å²) in [7, 11) is 0. The molecule has 16 heavy (non-hydrogen) atoms. The van der Waals surface area contributed by atoms with Crippen molar-refractivity contribution >= 4 is 23.2 Å². The lowest BCUT2D eigenvalue weighted by Gasteiger charge is -2.06. The van der Waals surface area contributed by atoms with E-state index in [1.165, 1.54) is 18.2 Å². The van der Waals surface area contributed by atoms with Crippen LogP contribution in [0.15, 0.2) is 36.4 Å². The Balaban J connectivity index is 2.59. The van der Waals surface area contributed by atoms with Crippen LogP contribution in [-0.4, -0.2) is 0 Å². The van der Waals surface area contributed by atoms with Crippen LogP contribution in [0.1, 0.15) is 0 Å². The van der Waals surface area contributed by atoms with Crippen LogP contribution in [0.2, 0.25) is 10.0 Å². The first-order valence-electron chi connectivity index (χ1n) is 4.48. The Hall–Kier alpha value is -1.12. The molecule has 2 aromatic carbocycles. The summed E-state index contributed by atoms with van der Waals surface area (Å²) >= 11 is 11.7. The molecular formula is C12H6Cl2F2. The van der Waals surface area contributed by atoms with E-state index in [9.17, 15) is 8.78 Å². The molecule has 0 heterocycles. The maximum absolute atomic E-state index is 13.5. The SMILES string of the molecule is Fc1ccc(-c2ccc(Cl)cc2Cl)c(F)c1. The van der Waals surface area contributed by atoms with E-state index < -0.39 is 11.6 Å². The van der Waals surface area contributed by atoms with Crippen LogP contribution in [0, 0.1) is 11.6 Å². The van der Waals surface area contributed by atoms with Gasteiger partial charge < -0.3 is 0 Å². The van der Waals surface area contributed by atoms with Crippen molar-refractivity contribution < 1.29 is 8.78 Å². The van der Waals surface area contributed by atoms with Crippen LogP contribution in [-0.2, 0) is 0 Å². The fourth-order valence-electron chi connectivity index (χ4n) is 1.42. The van der Waals surface area contributed by atoms with Gasteiger partial charge in [-0.1, -0.05) is 29.3 Å². The monoisotopic (exact) mass is 258 g/mol. The van der Waals surface area contributed by atoms with Gasteiger partial charge in [-0.2, -0.15) is 0 Å². The Kier molecular flexibility index (Phi) is 3.13. The summed E-state index contributed by atoms with van der Waals surface area (Å²) in [6.07, 6.45) is 0. The van der Waals surface area contributed by atoms with Crippen molar-refractivity contribution in [1.29, 1.82) is 0 Å². The quantitative estimate of drug-likeness (QED) is 0.680. The van der Waals surface area contributed by atoms with E-state index in [1.807, 2.05) is 0 Å². The normalized spacial score (nSPS) is 10.5. The van der Waals surface area contributed by atoms with Gasteiger partial charge in [-0.3, -0.25) is 0 Å². The zero-order valence-electron chi connectivity index (χ0n) is 7.98. The van der Waals surface area contributed by atoms with Gasteiger partial charge in [-0.25, -0.2) is 8.78 Å². The molecular weight excluding hydrogens is 253 g/mol. The number of hydrogen-bond donors (Lipinski definition) is 0. The Morgan fingerprint density at radius 2 is 1.50 bits per heavy atom. The summed E-state index contributed by atoms with van der Waals surface area (Å²) < 4.78 is 26.2. The van der Waals surface area contributed by atoms with Gasteiger partial charge in [0.05, 0.1) is 0 Å². The van der Waals surface area contributed by atoms with Gasteiger partial charge in [-0.05, 0) is 24.3 Å². The van der Waals surface area contributed by atoms with E-state index in [0.717, 1.165) is 6.07 Å². The van der Waals surface area contributed by atoms with E-state index in [-0.39, 0.29) is 5.56 Å². The fraction of sp³-hybridized carbons (Fsp3) is 0. The second-order valence-electron chi connectivity index (χ2n) is 3.25. The lowest BCUT2D eigenvalue weighted by atomic mass is 10.1. The maximum Gasteiger partial charge on any atom is 0.133 e. The molecule has 0 atom stereocenters. The van der Waals surface area contributed by atoms with Crippen LogP contribution in [0.3, 0.4) is 0 Å². The van der Waals surface area contributed by atoms with Crippen molar-refractivity contribution in [3.63, 3.8) is 0 Å². The minimum absolute atomic E-state index is 0.253. The molecule has 0 aromatic heterocycles. The van der Waals surface area contributed by atoms with E-state index in [0.29, 0.717) is 15.6 Å². The molecule has 0 saturated heterocycles. The van der Waals surface area contributed by atoms with Gasteiger partial charge in [0.1, 0.15) is 11.6 Å². The van der Waals surface area contributed by atoms with Gasteiger partial charge in [0.2, 0.25) is 0 Å². The van der Waals surface area contributed by atoms with E-state index in [1.54, 1.807) is 12.1 Å². The first kappa shape index (κ1) is 11.4. The molecule has 0 nitrogen and oxygen atoms in total. The lowest BCUT2D eigenvalue weighted by Crippen LogP contribution is -1.87. The average Bonchev–Trinajstić information content (AvgIpc) is 2.19. The summed E-state index contributed by atoms with van der Waals surface area (Å²) in [5, 5.41) is 0.800. The van der Waals surface area contributed by atoms with Crippen molar-refractivity contribution in [3.8, 4) is 11.1 Å². The minimum atomic E-state index is -0.649. The van der Waals surface area contributed by atoms with Crippen molar-refractivity contribution in [1.82, 2.24) is 0 Å². The van der Waals surface area contributed by atoms with Gasteiger partial charge in [0.15, 0.2) is 0 Å². The molecule has 4 heteroatoms. The zero-order chi connectivity index (χ0) is 11.7. The van der Waals surface area contributed by atoms with Gasteiger partial charge in [0.25, 0.3) is 0 Å². The Morgan fingerprint density at radius 3 is 2.12 bits per heavy atom. The third-order valence-corrected chi connectivity index (χ3v) is 2.70. The second kappa shape index (κ2) is 4.40. The standard InChI is InChI=1S/C12H6Cl2F2/c13-7-1-3-9(11(14)5-7)10-4-2-8(15)6-12(10)16/h1-6H. The van der Waals surface area contributed by atoms with E-state index in [2.05, 4.69) is 0 Å². The fourth-order valence-corrected chi connectivity index (χ4v) is 1.93. The summed E-state index contributed by atoms with van der Waals surface area (Å²) in [6.45, 7) is 0. The van der Waals surface area contributed by atoms with Crippen LogP contribution in [0.25, 0.3) is 11.1 Å². The largest absolute Gasteiger partial charge is 0.207 e. The maximum atomic E-state index is 13.5. The predicted octanol–water partition coefficient (Wildman–Crippen LogP) is 4.94. The summed E-state index contributed by atoms with van der Waals surface area (Å²) in [5.41, 5.74) is 0.742. The lowest BCUT2D eigenvalue weighted by molar-refractivity contribution is 0.585. The zero-order valence-corrected chi connectivity index (χ0v) is 9.49. The molecule has 2 rings (SSSR count). The number of halogens is 4. The molecule has 0 spiro atoms. The molecule has 2 aromatic rings. The highest BCUT2D eigenvalue weighted by Gasteiger charge is 2.09. The molecule has 0 N–H and O–H groups in total. The second-order valence-corrected chi connectivity index (χ2v) is 4.09. The van der Waals surface area contributed by atoms with Crippen molar-refractivity contribution in [2.45, 2.75) is 0 Å². The first-order valence-corrected chi connectivity index (χ1v) is 5.24. The van der Waals surface area contributed by atoms with Gasteiger partial charge in [0, 0.05) is 27.2 Å². The van der Waals surface area contributed by atoms with Crippen LogP contribution in [0.4, 0.5) is 8.78 Å². The topological polar surface area (TPSA) is 0 Å². The molecule has 0 aliphatic heterocycles. The average molecular weight is 259 g/mol. The Morgan fingerprint density at radius 1 is 0.812 bits per heavy atom. The highest BCUT2D eigenvalue weighted by Crippen LogP contribution is 2.32. The number of rotatable bonds is 1. The summed E-state index contributed by atoms with van der Waals surface area (Å²) in [6, 6.07) is 8.07. The molecule has 0 aliphatic carbocycles. The molecule has 0 aliphatic rings. The van der Waals surface area contributed by atoms with Crippen LogP contribution >= 0.6 is 23.2 Å². The highest BCUT2D eigenvalue weighted by atomic mass is 35.5. The molecule has 0 unspecified atom stereocenters. The predicted molar refractivity (Wildman–Crippen MR) is 61.8 cm³/mol. The third-order valence-electron chi connectivity index (χ3n) is 2.15. The number of benzene rings is 2. The highest BCUT2D eigenvalue weighted by molar-refractivity contribution is 6.36. The van der Waals surface area contributed by atoms with Crippen LogP contribution in [0.5, 0.6) is 0 Å². The smallest absolute Gasteiger partial charge is 0.133 e. The molecule has 0 amide bonds. The molecule has 0 fully saturated rings. The Bertz CT molecular complexity index is 489. The molecule has 0 radical (unpaired) electrons. The summed E-state index contributed by atoms with van der Waals surface area (Å²) in [5.74, 6) is -1.27. The van der Waals surface area contributed by atoms with Gasteiger partial charge in [-0.15, -0.1) is 0 Å². The number of hydrogen-bond acceptors (Lipinski definition) is 0. The van der Waals surface area contributed by atoms with Crippen LogP contribution < -0.4 is 0 Å². The van der Waals surface area contributed by atoms with Crippen molar-refractivity contribution in [2.75, 3.05) is 0 Å². The van der Waals surface area contributed by atoms with Crippen molar-refractivity contribution in [2.24, 2.45) is 0 Å². The van der Waals surface area contributed by atoms with Gasteiger partial charge >= 0.3 is 0 Å². The van der Waals surface area contributed by atoms with Crippen molar-refractivity contribution in [3.05, 3.63) is 58.1 Å². The Labute approximate surface area is 101 Å².